The average molecular weight is 537 g/mol. The summed E-state index contributed by atoms with van der Waals surface area (Å²) in [6.45, 7) is 2.35. The first-order valence-electron chi connectivity index (χ1n) is 11.7. The summed E-state index contributed by atoms with van der Waals surface area (Å²) in [4.78, 5) is 9.84. The molecule has 35 heavy (non-hydrogen) atoms. The topological polar surface area (TPSA) is 77.0 Å². The van der Waals surface area contributed by atoms with Crippen molar-refractivity contribution in [3.63, 3.8) is 0 Å². The second-order valence-electron chi connectivity index (χ2n) is 8.04. The number of aryl methyl sites for hydroxylation is 1. The van der Waals surface area contributed by atoms with E-state index in [-0.39, 0.29) is 6.61 Å². The molecule has 1 unspecified atom stereocenters. The van der Waals surface area contributed by atoms with E-state index in [1.165, 1.54) is 10.4 Å². The molecule has 0 saturated heterocycles. The molecule has 0 amide bonds. The zero-order valence-electron chi connectivity index (χ0n) is 19.9. The highest BCUT2D eigenvalue weighted by Gasteiger charge is 2.11. The lowest BCUT2D eigenvalue weighted by molar-refractivity contribution is 0.276. The predicted octanol–water partition coefficient (Wildman–Crippen LogP) is 7.01. The highest BCUT2D eigenvalue weighted by molar-refractivity contribution is 7.32. The summed E-state index contributed by atoms with van der Waals surface area (Å²) < 4.78 is 26.6. The van der Waals surface area contributed by atoms with Crippen molar-refractivity contribution in [3.05, 3.63) is 70.1 Å². The maximum Gasteiger partial charge on any atom is 0.694 e. The van der Waals surface area contributed by atoms with Crippen molar-refractivity contribution in [2.75, 3.05) is 26.9 Å². The number of ether oxygens (including phenoxy) is 2. The van der Waals surface area contributed by atoms with Crippen molar-refractivity contribution in [2.45, 2.75) is 38.6 Å². The Bertz CT molecular complexity index is 1060. The maximum absolute atomic E-state index is 10.5. The van der Waals surface area contributed by atoms with Gasteiger partial charge in [-0.1, -0.05) is 29.8 Å². The lowest BCUT2D eigenvalue weighted by atomic mass is 10.1. The van der Waals surface area contributed by atoms with Gasteiger partial charge in [-0.15, -0.1) is 20.8 Å². The van der Waals surface area contributed by atoms with Gasteiger partial charge in [0.05, 0.1) is 18.7 Å². The Balaban J connectivity index is 1.45. The molecule has 3 aromatic rings. The number of nitrogens with one attached hydrogen (secondary N) is 1. The molecule has 2 N–H and O–H groups in total. The fraction of sp³-hybridized carbons (Fsp3) is 0.385. The third-order valence-corrected chi connectivity index (χ3v) is 7.04. The monoisotopic (exact) mass is 536 g/mol. The van der Waals surface area contributed by atoms with E-state index in [1.807, 2.05) is 24.3 Å². The summed E-state index contributed by atoms with van der Waals surface area (Å²) in [5, 5.41) is 6.07. The standard InChI is InChI=1S/C26H31ClNO5PS/c1-31-25-12-9-20(18-23(25)27)7-3-2-4-14-32-24-11-10-21(17-22(24)26-8-5-16-35-26)19-28-13-6-15-33-34(29)30/h5,8-12,16-18,28H,2-4,6-7,13-15,19H2,1H3/p+1. The van der Waals surface area contributed by atoms with Crippen molar-refractivity contribution in [2.24, 2.45) is 0 Å². The number of hydrogen-bond acceptors (Lipinski definition) is 6. The highest BCUT2D eigenvalue weighted by atomic mass is 35.5. The molecule has 2 aromatic carbocycles. The van der Waals surface area contributed by atoms with Crippen LogP contribution in [0.3, 0.4) is 0 Å². The van der Waals surface area contributed by atoms with Crippen molar-refractivity contribution < 1.29 is 23.5 Å². The lowest BCUT2D eigenvalue weighted by Crippen LogP contribution is -2.16. The molecule has 0 bridgehead atoms. The number of unbranched alkanes of at least 4 members (excludes halogenated alkanes) is 2. The van der Waals surface area contributed by atoms with Crippen LogP contribution in [0.15, 0.2) is 53.9 Å². The normalized spacial score (nSPS) is 11.5. The van der Waals surface area contributed by atoms with E-state index >= 15 is 0 Å². The van der Waals surface area contributed by atoms with Gasteiger partial charge in [-0.3, -0.25) is 0 Å². The zero-order chi connectivity index (χ0) is 24.9. The minimum Gasteiger partial charge on any atom is -0.495 e. The molecule has 0 aliphatic rings. The van der Waals surface area contributed by atoms with Crippen molar-refractivity contribution >= 4 is 31.2 Å². The van der Waals surface area contributed by atoms with Gasteiger partial charge in [0.15, 0.2) is 0 Å². The van der Waals surface area contributed by atoms with Crippen molar-refractivity contribution in [1.82, 2.24) is 5.32 Å². The van der Waals surface area contributed by atoms with Gasteiger partial charge >= 0.3 is 8.25 Å². The van der Waals surface area contributed by atoms with E-state index in [4.69, 9.17) is 26.0 Å². The van der Waals surface area contributed by atoms with E-state index in [1.54, 1.807) is 18.4 Å². The molecule has 188 valence electrons. The van der Waals surface area contributed by atoms with Gasteiger partial charge in [0.1, 0.15) is 18.1 Å². The van der Waals surface area contributed by atoms with E-state index in [0.717, 1.165) is 42.6 Å². The molecular formula is C26H32ClNO5PS+. The summed E-state index contributed by atoms with van der Waals surface area (Å²) in [7, 11) is -0.892. The Morgan fingerprint density at radius 1 is 1.00 bits per heavy atom. The average Bonchev–Trinajstić information content (AvgIpc) is 3.39. The number of thiophene rings is 1. The Kier molecular flexibility index (Phi) is 12.0. The summed E-state index contributed by atoms with van der Waals surface area (Å²) >= 11 is 7.91. The molecule has 1 atom stereocenters. The summed E-state index contributed by atoms with van der Waals surface area (Å²) in [5.41, 5.74) is 3.48. The van der Waals surface area contributed by atoms with Crippen LogP contribution >= 0.6 is 31.2 Å². The molecule has 0 saturated carbocycles. The Hall–Kier alpha value is -1.99. The van der Waals surface area contributed by atoms with Gasteiger partial charge in [0.25, 0.3) is 0 Å². The fourth-order valence-corrected chi connectivity index (χ4v) is 4.98. The minimum atomic E-state index is -2.52. The van der Waals surface area contributed by atoms with Crippen LogP contribution in [0.4, 0.5) is 0 Å². The first-order chi connectivity index (χ1) is 17.1. The number of hydrogen-bond donors (Lipinski definition) is 2. The largest absolute Gasteiger partial charge is 0.694 e. The van der Waals surface area contributed by atoms with Gasteiger partial charge < -0.3 is 14.8 Å². The van der Waals surface area contributed by atoms with E-state index in [9.17, 15) is 4.57 Å². The predicted molar refractivity (Wildman–Crippen MR) is 143 cm³/mol. The molecular weight excluding hydrogens is 505 g/mol. The van der Waals surface area contributed by atoms with Gasteiger partial charge in [0, 0.05) is 21.6 Å². The van der Waals surface area contributed by atoms with E-state index in [2.05, 4.69) is 39.5 Å². The smallest absolute Gasteiger partial charge is 0.495 e. The van der Waals surface area contributed by atoms with Gasteiger partial charge in [-0.05, 0) is 85.5 Å². The third kappa shape index (κ3) is 9.53. The van der Waals surface area contributed by atoms with Gasteiger partial charge in [0.2, 0.25) is 0 Å². The maximum atomic E-state index is 10.5. The zero-order valence-corrected chi connectivity index (χ0v) is 22.3. The number of rotatable bonds is 16. The van der Waals surface area contributed by atoms with Crippen molar-refractivity contribution in [1.29, 1.82) is 0 Å². The quantitative estimate of drug-likeness (QED) is 0.151. The Labute approximate surface area is 217 Å². The number of benzene rings is 2. The molecule has 1 heterocycles. The molecule has 9 heteroatoms. The van der Waals surface area contributed by atoms with Crippen LogP contribution < -0.4 is 14.8 Å². The summed E-state index contributed by atoms with van der Waals surface area (Å²) in [6.07, 6.45) is 4.80. The molecule has 0 aliphatic carbocycles. The molecule has 0 spiro atoms. The molecule has 3 rings (SSSR count). The lowest BCUT2D eigenvalue weighted by Gasteiger charge is -2.13. The number of methoxy groups -OCH3 is 1. The van der Waals surface area contributed by atoms with Crippen molar-refractivity contribution in [3.8, 4) is 21.9 Å². The Morgan fingerprint density at radius 3 is 2.57 bits per heavy atom. The van der Waals surface area contributed by atoms with Gasteiger partial charge in [-0.2, -0.15) is 0 Å². The second kappa shape index (κ2) is 15.2. The highest BCUT2D eigenvalue weighted by Crippen LogP contribution is 2.34. The van der Waals surface area contributed by atoms with E-state index < -0.39 is 8.25 Å². The fourth-order valence-electron chi connectivity index (χ4n) is 3.67. The molecule has 0 radical (unpaired) electrons. The molecule has 0 fully saturated rings. The number of halogens is 1. The second-order valence-corrected chi connectivity index (χ2v) is 10.1. The minimum absolute atomic E-state index is 0.264. The van der Waals surface area contributed by atoms with E-state index in [0.29, 0.717) is 36.9 Å². The van der Waals surface area contributed by atoms with Crippen LogP contribution in [0.5, 0.6) is 11.5 Å². The van der Waals surface area contributed by atoms with Crippen LogP contribution in [0.25, 0.3) is 10.4 Å². The first-order valence-corrected chi connectivity index (χ1v) is 14.1. The molecule has 0 aliphatic heterocycles. The third-order valence-electron chi connectivity index (χ3n) is 5.44. The van der Waals surface area contributed by atoms with Crippen LogP contribution in [0, 0.1) is 0 Å². The SMILES string of the molecule is COc1ccc(CCCCCOc2ccc(CNCCCO[P+](=O)O)cc2-c2cccs2)cc1Cl. The van der Waals surface area contributed by atoms with Crippen LogP contribution in [-0.2, 0) is 22.1 Å². The first kappa shape index (κ1) is 27.6. The van der Waals surface area contributed by atoms with Crippen LogP contribution in [0.2, 0.25) is 5.02 Å². The Morgan fingerprint density at radius 2 is 1.83 bits per heavy atom. The summed E-state index contributed by atoms with van der Waals surface area (Å²) in [6, 6.07) is 16.4. The van der Waals surface area contributed by atoms with Gasteiger partial charge in [-0.25, -0.2) is 0 Å². The van der Waals surface area contributed by atoms with Crippen LogP contribution in [0.1, 0.15) is 36.8 Å². The van der Waals surface area contributed by atoms with Crippen LogP contribution in [-0.4, -0.2) is 31.8 Å². The summed E-state index contributed by atoms with van der Waals surface area (Å²) in [5.74, 6) is 1.61. The molecule has 6 nitrogen and oxygen atoms in total. The molecule has 1 aromatic heterocycles.